The first kappa shape index (κ1) is 16.4. The number of hydrogen-bond acceptors (Lipinski definition) is 1. The third kappa shape index (κ3) is 4.23. The van der Waals surface area contributed by atoms with Crippen molar-refractivity contribution in [2.24, 2.45) is 0 Å². The van der Waals surface area contributed by atoms with Gasteiger partial charge in [0.05, 0.1) is 0 Å². The number of benzene rings is 2. The Morgan fingerprint density at radius 2 is 1.81 bits per heavy atom. The summed E-state index contributed by atoms with van der Waals surface area (Å²) in [6.45, 7) is 7.33. The normalized spacial score (nSPS) is 12.4. The topological polar surface area (TPSA) is 12.0 Å². The van der Waals surface area contributed by atoms with Gasteiger partial charge in [0.15, 0.2) is 0 Å². The van der Waals surface area contributed by atoms with Gasteiger partial charge in [0.2, 0.25) is 0 Å². The summed E-state index contributed by atoms with van der Waals surface area (Å²) in [5, 5.41) is 4.97. The van der Waals surface area contributed by atoms with Gasteiger partial charge in [-0.1, -0.05) is 60.0 Å². The maximum absolute atomic E-state index is 6.31. The van der Waals surface area contributed by atoms with Gasteiger partial charge in [-0.2, -0.15) is 0 Å². The lowest BCUT2D eigenvalue weighted by Gasteiger charge is -2.21. The highest BCUT2D eigenvalue weighted by atomic mass is 35.5. The van der Waals surface area contributed by atoms with Crippen molar-refractivity contribution in [1.82, 2.24) is 5.32 Å². The minimum Gasteiger partial charge on any atom is -0.310 e. The van der Waals surface area contributed by atoms with Crippen LogP contribution in [0.2, 0.25) is 10.0 Å². The predicted molar refractivity (Wildman–Crippen MR) is 92.5 cm³/mol. The largest absolute Gasteiger partial charge is 0.310 e. The van der Waals surface area contributed by atoms with E-state index in [1.807, 2.05) is 18.2 Å². The summed E-state index contributed by atoms with van der Waals surface area (Å²) in [6, 6.07) is 12.6. The van der Waals surface area contributed by atoms with E-state index in [1.54, 1.807) is 0 Å². The number of halogens is 2. The van der Waals surface area contributed by atoms with Gasteiger partial charge in [-0.05, 0) is 55.6 Å². The lowest BCUT2D eigenvalue weighted by molar-refractivity contribution is 0.547. The van der Waals surface area contributed by atoms with Crippen molar-refractivity contribution in [2.45, 2.75) is 33.2 Å². The van der Waals surface area contributed by atoms with Crippen LogP contribution < -0.4 is 5.32 Å². The van der Waals surface area contributed by atoms with Crippen molar-refractivity contribution in [1.29, 1.82) is 0 Å². The molecule has 1 N–H and O–H groups in total. The van der Waals surface area contributed by atoms with Crippen LogP contribution in [0.3, 0.4) is 0 Å². The van der Waals surface area contributed by atoms with E-state index < -0.39 is 0 Å². The molecular weight excluding hydrogens is 301 g/mol. The van der Waals surface area contributed by atoms with Crippen LogP contribution >= 0.6 is 23.2 Å². The van der Waals surface area contributed by atoms with Gasteiger partial charge in [0, 0.05) is 16.1 Å². The number of likely N-dealkylation sites (N-methyl/N-ethyl adjacent to an activating group) is 1. The number of nitrogens with one attached hydrogen (secondary N) is 1. The smallest absolute Gasteiger partial charge is 0.0453 e. The second kappa shape index (κ2) is 7.31. The van der Waals surface area contributed by atoms with Crippen LogP contribution in [-0.4, -0.2) is 6.54 Å². The van der Waals surface area contributed by atoms with Crippen molar-refractivity contribution in [3.63, 3.8) is 0 Å². The van der Waals surface area contributed by atoms with Gasteiger partial charge < -0.3 is 5.32 Å². The van der Waals surface area contributed by atoms with E-state index in [-0.39, 0.29) is 6.04 Å². The van der Waals surface area contributed by atoms with Crippen molar-refractivity contribution in [3.05, 3.63) is 68.7 Å². The molecule has 21 heavy (non-hydrogen) atoms. The Balaban J connectivity index is 2.30. The van der Waals surface area contributed by atoms with Crippen LogP contribution in [-0.2, 0) is 6.42 Å². The van der Waals surface area contributed by atoms with Gasteiger partial charge in [0.1, 0.15) is 0 Å². The first-order chi connectivity index (χ1) is 10.0. The molecular formula is C18H21Cl2N. The lowest BCUT2D eigenvalue weighted by atomic mass is 9.94. The predicted octanol–water partition coefficient (Wildman–Crippen LogP) is 5.50. The molecule has 0 spiro atoms. The summed E-state index contributed by atoms with van der Waals surface area (Å²) in [5.74, 6) is 0. The van der Waals surface area contributed by atoms with Crippen LogP contribution in [0.15, 0.2) is 36.4 Å². The molecule has 0 bridgehead atoms. The monoisotopic (exact) mass is 321 g/mol. The molecule has 0 saturated carbocycles. The van der Waals surface area contributed by atoms with Crippen molar-refractivity contribution in [3.8, 4) is 0 Å². The van der Waals surface area contributed by atoms with Crippen molar-refractivity contribution in [2.75, 3.05) is 6.54 Å². The van der Waals surface area contributed by atoms with E-state index in [0.29, 0.717) is 5.02 Å². The SMILES string of the molecule is CCNC(Cc1ccc(Cl)cc1Cl)c1ccc(C)cc1C. The molecule has 0 fully saturated rings. The molecule has 2 rings (SSSR count). The summed E-state index contributed by atoms with van der Waals surface area (Å²) in [6.07, 6.45) is 0.855. The maximum Gasteiger partial charge on any atom is 0.0453 e. The molecule has 0 aliphatic rings. The molecule has 0 aromatic heterocycles. The Hall–Kier alpha value is -1.02. The molecule has 3 heteroatoms. The molecule has 2 aromatic rings. The minimum atomic E-state index is 0.259. The van der Waals surface area contributed by atoms with Crippen LogP contribution in [0.25, 0.3) is 0 Å². The zero-order valence-corrected chi connectivity index (χ0v) is 14.2. The van der Waals surface area contributed by atoms with Gasteiger partial charge in [-0.3, -0.25) is 0 Å². The number of rotatable bonds is 5. The molecule has 0 amide bonds. The van der Waals surface area contributed by atoms with Gasteiger partial charge >= 0.3 is 0 Å². The molecule has 0 radical (unpaired) electrons. The van der Waals surface area contributed by atoms with Gasteiger partial charge in [0.25, 0.3) is 0 Å². The summed E-state index contributed by atoms with van der Waals surface area (Å²) in [5.41, 5.74) is 5.04. The fourth-order valence-corrected chi connectivity index (χ4v) is 3.15. The van der Waals surface area contributed by atoms with E-state index in [0.717, 1.165) is 23.6 Å². The van der Waals surface area contributed by atoms with Crippen LogP contribution in [0.1, 0.15) is 35.2 Å². The molecule has 0 aliphatic carbocycles. The average Bonchev–Trinajstić information content (AvgIpc) is 2.41. The molecule has 1 atom stereocenters. The Labute approximate surface area is 137 Å². The zero-order chi connectivity index (χ0) is 15.4. The molecule has 0 saturated heterocycles. The number of aryl methyl sites for hydroxylation is 2. The fraction of sp³-hybridized carbons (Fsp3) is 0.333. The highest BCUT2D eigenvalue weighted by Crippen LogP contribution is 2.28. The maximum atomic E-state index is 6.31. The Morgan fingerprint density at radius 3 is 2.43 bits per heavy atom. The van der Waals surface area contributed by atoms with E-state index in [4.69, 9.17) is 23.2 Å². The zero-order valence-electron chi connectivity index (χ0n) is 12.7. The first-order valence-electron chi connectivity index (χ1n) is 7.25. The van der Waals surface area contributed by atoms with E-state index in [1.165, 1.54) is 16.7 Å². The standard InChI is InChI=1S/C18H21Cl2N/c1-4-21-18(16-8-5-12(2)9-13(16)3)10-14-6-7-15(19)11-17(14)20/h5-9,11,18,21H,4,10H2,1-3H3. The van der Waals surface area contributed by atoms with Gasteiger partial charge in [-0.25, -0.2) is 0 Å². The first-order valence-corrected chi connectivity index (χ1v) is 8.01. The Morgan fingerprint density at radius 1 is 1.05 bits per heavy atom. The van der Waals surface area contributed by atoms with Crippen LogP contribution in [0.4, 0.5) is 0 Å². The molecule has 0 heterocycles. The Bertz CT molecular complexity index is 623. The molecule has 0 aliphatic heterocycles. The summed E-state index contributed by atoms with van der Waals surface area (Å²) in [7, 11) is 0. The second-order valence-electron chi connectivity index (χ2n) is 5.41. The molecule has 1 unspecified atom stereocenters. The third-order valence-electron chi connectivity index (χ3n) is 3.69. The molecule has 112 valence electrons. The highest BCUT2D eigenvalue weighted by Gasteiger charge is 2.15. The lowest BCUT2D eigenvalue weighted by Crippen LogP contribution is -2.24. The van der Waals surface area contributed by atoms with Crippen molar-refractivity contribution >= 4 is 23.2 Å². The van der Waals surface area contributed by atoms with Gasteiger partial charge in [-0.15, -0.1) is 0 Å². The minimum absolute atomic E-state index is 0.259. The fourth-order valence-electron chi connectivity index (χ4n) is 2.66. The van der Waals surface area contributed by atoms with Crippen LogP contribution in [0, 0.1) is 13.8 Å². The third-order valence-corrected chi connectivity index (χ3v) is 4.28. The van der Waals surface area contributed by atoms with E-state index in [9.17, 15) is 0 Å². The quantitative estimate of drug-likeness (QED) is 0.766. The highest BCUT2D eigenvalue weighted by molar-refractivity contribution is 6.35. The van der Waals surface area contributed by atoms with E-state index in [2.05, 4.69) is 44.3 Å². The molecule has 1 nitrogen and oxygen atoms in total. The number of hydrogen-bond donors (Lipinski definition) is 1. The van der Waals surface area contributed by atoms with Crippen LogP contribution in [0.5, 0.6) is 0 Å². The van der Waals surface area contributed by atoms with Crippen molar-refractivity contribution < 1.29 is 0 Å². The summed E-state index contributed by atoms with van der Waals surface area (Å²) >= 11 is 12.3. The van der Waals surface area contributed by atoms with E-state index >= 15 is 0 Å². The Kier molecular flexibility index (Phi) is 5.69. The average molecular weight is 322 g/mol. The second-order valence-corrected chi connectivity index (χ2v) is 6.25. The molecule has 2 aromatic carbocycles. The summed E-state index contributed by atoms with van der Waals surface area (Å²) < 4.78 is 0. The summed E-state index contributed by atoms with van der Waals surface area (Å²) in [4.78, 5) is 0.